The molecule has 1 aromatic heterocycles. The highest BCUT2D eigenvalue weighted by Gasteiger charge is 2.14. The number of rotatable bonds is 4. The summed E-state index contributed by atoms with van der Waals surface area (Å²) in [5.74, 6) is -0.0948. The second-order valence-electron chi connectivity index (χ2n) is 4.75. The fourth-order valence-electron chi connectivity index (χ4n) is 2.23. The van der Waals surface area contributed by atoms with Gasteiger partial charge >= 0.3 is 0 Å². The van der Waals surface area contributed by atoms with Gasteiger partial charge in [0, 0.05) is 12.1 Å². The second kappa shape index (κ2) is 5.65. The Morgan fingerprint density at radius 1 is 1.16 bits per heavy atom. The molecular formula is C16H17NO2. The molecule has 0 aliphatic carbocycles. The first-order valence-corrected chi connectivity index (χ1v) is 6.35. The molecule has 0 atom stereocenters. The maximum absolute atomic E-state index is 12.2. The Kier molecular flexibility index (Phi) is 3.95. The predicted octanol–water partition coefficient (Wildman–Crippen LogP) is 2.81. The van der Waals surface area contributed by atoms with E-state index in [2.05, 4.69) is 4.98 Å². The average molecular weight is 255 g/mol. The van der Waals surface area contributed by atoms with Crippen LogP contribution in [0.5, 0.6) is 0 Å². The number of ketones is 1. The van der Waals surface area contributed by atoms with Crippen molar-refractivity contribution in [3.05, 3.63) is 69.1 Å². The van der Waals surface area contributed by atoms with Crippen molar-refractivity contribution in [3.8, 4) is 0 Å². The van der Waals surface area contributed by atoms with E-state index in [-0.39, 0.29) is 11.3 Å². The second-order valence-corrected chi connectivity index (χ2v) is 4.75. The van der Waals surface area contributed by atoms with E-state index >= 15 is 0 Å². The minimum absolute atomic E-state index is 0.0948. The largest absolute Gasteiger partial charge is 0.326 e. The van der Waals surface area contributed by atoms with E-state index in [9.17, 15) is 9.59 Å². The third-order valence-electron chi connectivity index (χ3n) is 3.13. The van der Waals surface area contributed by atoms with E-state index in [0.29, 0.717) is 18.4 Å². The van der Waals surface area contributed by atoms with Crippen LogP contribution in [0.15, 0.2) is 41.2 Å². The van der Waals surface area contributed by atoms with Gasteiger partial charge < -0.3 is 4.98 Å². The number of benzene rings is 1. The van der Waals surface area contributed by atoms with Crippen molar-refractivity contribution in [2.24, 2.45) is 0 Å². The van der Waals surface area contributed by atoms with Gasteiger partial charge in [0.15, 0.2) is 5.78 Å². The molecule has 1 N–H and O–H groups in total. The number of Topliss-reactive ketones (excluding diaryl/α,β-unsaturated/α-hetero) is 1. The lowest BCUT2D eigenvalue weighted by Gasteiger charge is -2.05. The SMILES string of the molecule is Cc1cc(C)c(C(=O)CCc2ccccc2)c(=O)[nH]1. The van der Waals surface area contributed by atoms with Gasteiger partial charge in [-0.3, -0.25) is 9.59 Å². The number of carbonyl (C=O) groups is 1. The first kappa shape index (κ1) is 13.3. The van der Waals surface area contributed by atoms with Gasteiger partial charge in [0.1, 0.15) is 0 Å². The van der Waals surface area contributed by atoms with E-state index < -0.39 is 0 Å². The standard InChI is InChI=1S/C16H17NO2/c1-11-10-12(2)17-16(19)15(11)14(18)9-8-13-6-4-3-5-7-13/h3-7,10H,8-9H2,1-2H3,(H,17,19). The quantitative estimate of drug-likeness (QED) is 0.854. The number of aromatic nitrogens is 1. The van der Waals surface area contributed by atoms with E-state index in [1.807, 2.05) is 43.3 Å². The maximum Gasteiger partial charge on any atom is 0.259 e. The number of H-pyrrole nitrogens is 1. The van der Waals surface area contributed by atoms with E-state index in [4.69, 9.17) is 0 Å². The molecule has 1 aromatic carbocycles. The highest BCUT2D eigenvalue weighted by atomic mass is 16.1. The monoisotopic (exact) mass is 255 g/mol. The fraction of sp³-hybridized carbons (Fsp3) is 0.250. The molecule has 0 amide bonds. The Bertz CT molecular complexity index is 642. The summed E-state index contributed by atoms with van der Waals surface area (Å²) in [6.45, 7) is 3.62. The molecular weight excluding hydrogens is 238 g/mol. The van der Waals surface area contributed by atoms with Crippen LogP contribution in [-0.2, 0) is 6.42 Å². The van der Waals surface area contributed by atoms with Crippen LogP contribution in [0.2, 0.25) is 0 Å². The molecule has 2 aromatic rings. The van der Waals surface area contributed by atoms with Gasteiger partial charge in [0.25, 0.3) is 5.56 Å². The van der Waals surface area contributed by atoms with Gasteiger partial charge in [0.2, 0.25) is 0 Å². The number of pyridine rings is 1. The van der Waals surface area contributed by atoms with Crippen LogP contribution in [0.25, 0.3) is 0 Å². The number of hydrogen-bond acceptors (Lipinski definition) is 2. The zero-order valence-electron chi connectivity index (χ0n) is 11.2. The van der Waals surface area contributed by atoms with Crippen LogP contribution in [-0.4, -0.2) is 10.8 Å². The van der Waals surface area contributed by atoms with Crippen molar-refractivity contribution < 1.29 is 4.79 Å². The smallest absolute Gasteiger partial charge is 0.259 e. The first-order valence-electron chi connectivity index (χ1n) is 6.35. The molecule has 3 nitrogen and oxygen atoms in total. The molecule has 0 radical (unpaired) electrons. The van der Waals surface area contributed by atoms with Crippen LogP contribution in [0.4, 0.5) is 0 Å². The molecule has 98 valence electrons. The van der Waals surface area contributed by atoms with Crippen LogP contribution in [0.3, 0.4) is 0 Å². The summed E-state index contributed by atoms with van der Waals surface area (Å²) in [5.41, 5.74) is 2.65. The Balaban J connectivity index is 2.15. The Labute approximate surface area is 112 Å². The molecule has 0 fully saturated rings. The normalized spacial score (nSPS) is 10.4. The maximum atomic E-state index is 12.2. The molecule has 0 aliphatic rings. The summed E-state index contributed by atoms with van der Waals surface area (Å²) < 4.78 is 0. The fourth-order valence-corrected chi connectivity index (χ4v) is 2.23. The minimum Gasteiger partial charge on any atom is -0.326 e. The number of nitrogens with one attached hydrogen (secondary N) is 1. The lowest BCUT2D eigenvalue weighted by Crippen LogP contribution is -2.20. The van der Waals surface area contributed by atoms with Crippen molar-refractivity contribution in [2.75, 3.05) is 0 Å². The molecule has 0 aliphatic heterocycles. The van der Waals surface area contributed by atoms with Crippen molar-refractivity contribution in [1.82, 2.24) is 4.98 Å². The predicted molar refractivity (Wildman–Crippen MR) is 75.6 cm³/mol. The molecule has 0 bridgehead atoms. The number of aryl methyl sites for hydroxylation is 3. The molecule has 2 rings (SSSR count). The van der Waals surface area contributed by atoms with Crippen molar-refractivity contribution in [3.63, 3.8) is 0 Å². The van der Waals surface area contributed by atoms with Crippen LogP contribution in [0.1, 0.15) is 33.6 Å². The van der Waals surface area contributed by atoms with Gasteiger partial charge in [-0.05, 0) is 37.5 Å². The van der Waals surface area contributed by atoms with Crippen LogP contribution in [0, 0.1) is 13.8 Å². The first-order chi connectivity index (χ1) is 9.08. The zero-order chi connectivity index (χ0) is 13.8. The number of aromatic amines is 1. The van der Waals surface area contributed by atoms with Crippen LogP contribution >= 0.6 is 0 Å². The number of hydrogen-bond donors (Lipinski definition) is 1. The van der Waals surface area contributed by atoms with Gasteiger partial charge in [-0.25, -0.2) is 0 Å². The van der Waals surface area contributed by atoms with E-state index in [1.54, 1.807) is 6.92 Å². The van der Waals surface area contributed by atoms with Crippen LogP contribution < -0.4 is 5.56 Å². The third-order valence-corrected chi connectivity index (χ3v) is 3.13. The Morgan fingerprint density at radius 3 is 2.47 bits per heavy atom. The van der Waals surface area contributed by atoms with Gasteiger partial charge in [-0.2, -0.15) is 0 Å². The Hall–Kier alpha value is -2.16. The summed E-state index contributed by atoms with van der Waals surface area (Å²) in [7, 11) is 0. The minimum atomic E-state index is -0.282. The van der Waals surface area contributed by atoms with E-state index in [1.165, 1.54) is 0 Å². The summed E-state index contributed by atoms with van der Waals surface area (Å²) in [4.78, 5) is 26.7. The summed E-state index contributed by atoms with van der Waals surface area (Å²) in [6.07, 6.45) is 1.02. The summed E-state index contributed by atoms with van der Waals surface area (Å²) in [5, 5.41) is 0. The molecule has 0 saturated heterocycles. The van der Waals surface area contributed by atoms with Gasteiger partial charge in [0.05, 0.1) is 5.56 Å². The lowest BCUT2D eigenvalue weighted by molar-refractivity contribution is 0.0980. The molecule has 1 heterocycles. The lowest BCUT2D eigenvalue weighted by atomic mass is 10.0. The highest BCUT2D eigenvalue weighted by molar-refractivity contribution is 5.97. The Morgan fingerprint density at radius 2 is 1.84 bits per heavy atom. The molecule has 0 unspecified atom stereocenters. The molecule has 0 spiro atoms. The van der Waals surface area contributed by atoms with Crippen molar-refractivity contribution in [2.45, 2.75) is 26.7 Å². The van der Waals surface area contributed by atoms with Gasteiger partial charge in [-0.1, -0.05) is 30.3 Å². The number of carbonyl (C=O) groups excluding carboxylic acids is 1. The summed E-state index contributed by atoms with van der Waals surface area (Å²) in [6, 6.07) is 11.6. The zero-order valence-corrected chi connectivity index (χ0v) is 11.2. The van der Waals surface area contributed by atoms with E-state index in [0.717, 1.165) is 16.8 Å². The van der Waals surface area contributed by atoms with Crippen molar-refractivity contribution in [1.29, 1.82) is 0 Å². The van der Waals surface area contributed by atoms with Gasteiger partial charge in [-0.15, -0.1) is 0 Å². The average Bonchev–Trinajstić information content (AvgIpc) is 2.36. The molecule has 3 heteroatoms. The molecule has 0 saturated carbocycles. The topological polar surface area (TPSA) is 49.9 Å². The van der Waals surface area contributed by atoms with Crippen molar-refractivity contribution >= 4 is 5.78 Å². The third kappa shape index (κ3) is 3.19. The summed E-state index contributed by atoms with van der Waals surface area (Å²) >= 11 is 0. The molecule has 19 heavy (non-hydrogen) atoms. The highest BCUT2D eigenvalue weighted by Crippen LogP contribution is 2.09.